The van der Waals surface area contributed by atoms with Gasteiger partial charge in [0.2, 0.25) is 0 Å². The predicted octanol–water partition coefficient (Wildman–Crippen LogP) is 2.70. The van der Waals surface area contributed by atoms with Gasteiger partial charge in [0.05, 0.1) is 12.2 Å². The number of nitrogens with zero attached hydrogens (tertiary/aromatic N) is 2. The van der Waals surface area contributed by atoms with E-state index in [9.17, 15) is 4.79 Å². The number of amides is 1. The van der Waals surface area contributed by atoms with Crippen LogP contribution in [0, 0.1) is 6.92 Å². The molecule has 4 heteroatoms. The molecule has 1 aromatic carbocycles. The van der Waals surface area contributed by atoms with E-state index < -0.39 is 0 Å². The highest BCUT2D eigenvalue weighted by atomic mass is 16.2. The number of hydrogen-bond donors (Lipinski definition) is 1. The molecule has 0 aliphatic heterocycles. The summed E-state index contributed by atoms with van der Waals surface area (Å²) in [5.41, 5.74) is 3.58. The molecule has 0 spiro atoms. The molecule has 0 fully saturated rings. The van der Waals surface area contributed by atoms with Crippen molar-refractivity contribution in [1.82, 2.24) is 9.88 Å². The zero-order valence-corrected chi connectivity index (χ0v) is 12.1. The Bertz CT molecular complexity index is 596. The maximum Gasteiger partial charge on any atom is 0.254 e. The highest BCUT2D eigenvalue weighted by Crippen LogP contribution is 2.16. The molecule has 20 heavy (non-hydrogen) atoms. The predicted molar refractivity (Wildman–Crippen MR) is 80.8 cm³/mol. The van der Waals surface area contributed by atoms with Crippen molar-refractivity contribution < 1.29 is 4.79 Å². The quantitative estimate of drug-likeness (QED) is 0.928. The molecule has 0 saturated heterocycles. The molecule has 4 nitrogen and oxygen atoms in total. The van der Waals surface area contributed by atoms with Gasteiger partial charge in [0.15, 0.2) is 0 Å². The van der Waals surface area contributed by atoms with Crippen LogP contribution in [0.3, 0.4) is 0 Å². The minimum atomic E-state index is 0.0100. The number of rotatable bonds is 4. The van der Waals surface area contributed by atoms with Gasteiger partial charge < -0.3 is 10.2 Å². The first-order valence-electron chi connectivity index (χ1n) is 6.55. The fourth-order valence-electron chi connectivity index (χ4n) is 2.07. The molecule has 1 aromatic heterocycles. The lowest BCUT2D eigenvalue weighted by Gasteiger charge is -2.18. The van der Waals surface area contributed by atoms with Crippen LogP contribution in [0.1, 0.15) is 21.6 Å². The number of aryl methyl sites for hydroxylation is 1. The van der Waals surface area contributed by atoms with Gasteiger partial charge >= 0.3 is 0 Å². The SMILES string of the molecule is CNc1ccc(C(=O)N(C)Cc2ccccn2)c(C)c1. The molecular weight excluding hydrogens is 250 g/mol. The standard InChI is InChI=1S/C16H19N3O/c1-12-10-13(17-2)7-8-15(12)16(20)19(3)11-14-6-4-5-9-18-14/h4-10,17H,11H2,1-3H3. The molecule has 2 rings (SSSR count). The molecule has 2 aromatic rings. The third kappa shape index (κ3) is 3.15. The zero-order valence-electron chi connectivity index (χ0n) is 12.1. The summed E-state index contributed by atoms with van der Waals surface area (Å²) in [6.07, 6.45) is 1.74. The second-order valence-electron chi connectivity index (χ2n) is 4.76. The van der Waals surface area contributed by atoms with E-state index in [4.69, 9.17) is 0 Å². The Balaban J connectivity index is 2.14. The van der Waals surface area contributed by atoms with Crippen molar-refractivity contribution in [3.8, 4) is 0 Å². The van der Waals surface area contributed by atoms with Crippen LogP contribution >= 0.6 is 0 Å². The Hall–Kier alpha value is -2.36. The number of pyridine rings is 1. The lowest BCUT2D eigenvalue weighted by molar-refractivity contribution is 0.0782. The van der Waals surface area contributed by atoms with Crippen LogP contribution in [-0.4, -0.2) is 29.9 Å². The van der Waals surface area contributed by atoms with Gasteiger partial charge in [-0.2, -0.15) is 0 Å². The Labute approximate surface area is 119 Å². The molecule has 0 bridgehead atoms. The van der Waals surface area contributed by atoms with E-state index >= 15 is 0 Å². The van der Waals surface area contributed by atoms with Crippen LogP contribution in [-0.2, 0) is 6.54 Å². The van der Waals surface area contributed by atoms with Crippen LogP contribution in [0.2, 0.25) is 0 Å². The molecule has 0 saturated carbocycles. The lowest BCUT2D eigenvalue weighted by atomic mass is 10.1. The molecule has 1 amide bonds. The number of anilines is 1. The first-order valence-corrected chi connectivity index (χ1v) is 6.55. The van der Waals surface area contributed by atoms with Crippen molar-refractivity contribution in [2.45, 2.75) is 13.5 Å². The number of hydrogen-bond acceptors (Lipinski definition) is 3. The van der Waals surface area contributed by atoms with Crippen molar-refractivity contribution >= 4 is 11.6 Å². The highest BCUT2D eigenvalue weighted by Gasteiger charge is 2.14. The minimum Gasteiger partial charge on any atom is -0.388 e. The van der Waals surface area contributed by atoms with Crippen LogP contribution in [0.15, 0.2) is 42.6 Å². The lowest BCUT2D eigenvalue weighted by Crippen LogP contribution is -2.27. The number of carbonyl (C=O) groups is 1. The number of nitrogens with one attached hydrogen (secondary N) is 1. The average Bonchev–Trinajstić information content (AvgIpc) is 2.47. The number of benzene rings is 1. The Morgan fingerprint density at radius 1 is 1.30 bits per heavy atom. The third-order valence-electron chi connectivity index (χ3n) is 3.22. The van der Waals surface area contributed by atoms with Crippen LogP contribution in [0.25, 0.3) is 0 Å². The number of carbonyl (C=O) groups excluding carboxylic acids is 1. The molecule has 0 radical (unpaired) electrons. The summed E-state index contributed by atoms with van der Waals surface area (Å²) in [5, 5.41) is 3.07. The summed E-state index contributed by atoms with van der Waals surface area (Å²) in [4.78, 5) is 18.4. The fraction of sp³-hybridized carbons (Fsp3) is 0.250. The van der Waals surface area contributed by atoms with Crippen LogP contribution < -0.4 is 5.32 Å². The van der Waals surface area contributed by atoms with Gasteiger partial charge in [-0.3, -0.25) is 9.78 Å². The fourth-order valence-corrected chi connectivity index (χ4v) is 2.07. The highest BCUT2D eigenvalue weighted by molar-refractivity contribution is 5.95. The van der Waals surface area contributed by atoms with E-state index in [2.05, 4.69) is 10.3 Å². The van der Waals surface area contributed by atoms with Gasteiger partial charge in [0, 0.05) is 31.5 Å². The monoisotopic (exact) mass is 269 g/mol. The molecule has 0 atom stereocenters. The first-order chi connectivity index (χ1) is 9.61. The van der Waals surface area contributed by atoms with Gasteiger partial charge in [-0.25, -0.2) is 0 Å². The van der Waals surface area contributed by atoms with Gasteiger partial charge in [-0.1, -0.05) is 6.07 Å². The van der Waals surface area contributed by atoms with Crippen molar-refractivity contribution in [1.29, 1.82) is 0 Å². The molecule has 1 N–H and O–H groups in total. The molecule has 104 valence electrons. The molecule has 0 unspecified atom stereocenters. The Morgan fingerprint density at radius 2 is 2.10 bits per heavy atom. The van der Waals surface area contributed by atoms with Gasteiger partial charge in [0.1, 0.15) is 0 Å². The smallest absolute Gasteiger partial charge is 0.254 e. The maximum atomic E-state index is 12.4. The van der Waals surface area contributed by atoms with Gasteiger partial charge in [0.25, 0.3) is 5.91 Å². The van der Waals surface area contributed by atoms with Crippen molar-refractivity contribution in [2.75, 3.05) is 19.4 Å². The largest absolute Gasteiger partial charge is 0.388 e. The average molecular weight is 269 g/mol. The van der Waals surface area contributed by atoms with E-state index in [1.54, 1.807) is 18.1 Å². The normalized spacial score (nSPS) is 10.2. The summed E-state index contributed by atoms with van der Waals surface area (Å²) in [6, 6.07) is 11.5. The third-order valence-corrected chi connectivity index (χ3v) is 3.22. The van der Waals surface area contributed by atoms with E-state index in [-0.39, 0.29) is 5.91 Å². The van der Waals surface area contributed by atoms with Crippen molar-refractivity contribution in [3.05, 3.63) is 59.4 Å². The molecule has 0 aliphatic rings. The zero-order chi connectivity index (χ0) is 14.5. The van der Waals surface area contributed by atoms with Crippen LogP contribution in [0.5, 0.6) is 0 Å². The van der Waals surface area contributed by atoms with Gasteiger partial charge in [-0.05, 0) is 42.8 Å². The van der Waals surface area contributed by atoms with Crippen molar-refractivity contribution in [2.24, 2.45) is 0 Å². The van der Waals surface area contributed by atoms with E-state index in [0.717, 1.165) is 22.5 Å². The van der Waals surface area contributed by atoms with Crippen LogP contribution in [0.4, 0.5) is 5.69 Å². The van der Waals surface area contributed by atoms with E-state index in [1.807, 2.05) is 50.4 Å². The summed E-state index contributed by atoms with van der Waals surface area (Å²) >= 11 is 0. The summed E-state index contributed by atoms with van der Waals surface area (Å²) < 4.78 is 0. The van der Waals surface area contributed by atoms with E-state index in [0.29, 0.717) is 6.54 Å². The summed E-state index contributed by atoms with van der Waals surface area (Å²) in [5.74, 6) is 0.0100. The second-order valence-corrected chi connectivity index (χ2v) is 4.76. The van der Waals surface area contributed by atoms with Gasteiger partial charge in [-0.15, -0.1) is 0 Å². The molecular formula is C16H19N3O. The summed E-state index contributed by atoms with van der Waals surface area (Å²) in [7, 11) is 3.66. The van der Waals surface area contributed by atoms with E-state index in [1.165, 1.54) is 0 Å². The first kappa shape index (κ1) is 14.1. The van der Waals surface area contributed by atoms with Crippen molar-refractivity contribution in [3.63, 3.8) is 0 Å². The second kappa shape index (κ2) is 6.19. The molecule has 0 aliphatic carbocycles. The Kier molecular flexibility index (Phi) is 4.35. The minimum absolute atomic E-state index is 0.0100. The summed E-state index contributed by atoms with van der Waals surface area (Å²) in [6.45, 7) is 2.45. The topological polar surface area (TPSA) is 45.2 Å². The Morgan fingerprint density at radius 3 is 2.70 bits per heavy atom. The maximum absolute atomic E-state index is 12.4. The number of aromatic nitrogens is 1. The molecule has 1 heterocycles.